The first-order chi connectivity index (χ1) is 12.2. The Morgan fingerprint density at radius 2 is 1.23 bits per heavy atom. The minimum atomic E-state index is -4.54. The molecular weight excluding hydrogens is 403 g/mol. The topological polar surface area (TPSA) is 40.5 Å². The molecule has 2 nitrogen and oxygen atoms in total. The standard InChI is InChI=1S/2C8H8O.C5H5.2ClH.Ti/c2*1-6-3-4-8(9)7(2)5-6;1-2-4-5-3-1;;;/h2*2-5,9H,1H3;1-5H;2*1H;/q;;;;;+2/p-2. The molecule has 2 aromatic carbocycles. The average molecular weight is 424 g/mol. The van der Waals surface area contributed by atoms with E-state index < -0.39 is 12.3 Å². The van der Waals surface area contributed by atoms with Gasteiger partial charge < -0.3 is 0 Å². The van der Waals surface area contributed by atoms with E-state index >= 15 is 0 Å². The SMILES string of the molecule is Cc1ccc(O)c([CH]=[Ti]([Cl])([Cl])(=[CH]c2cc(C)ccc2O)[CH]2C=CC=C2)c1. The summed E-state index contributed by atoms with van der Waals surface area (Å²) in [4.78, 5) is 0. The quantitative estimate of drug-likeness (QED) is 0.628. The molecule has 1 aliphatic rings. The molecule has 0 spiro atoms. The van der Waals surface area contributed by atoms with Gasteiger partial charge in [0.05, 0.1) is 0 Å². The van der Waals surface area contributed by atoms with Crippen molar-refractivity contribution in [1.29, 1.82) is 0 Å². The number of aryl methyl sites for hydroxylation is 2. The molecule has 0 radical (unpaired) electrons. The normalized spacial score (nSPS) is 14.7. The van der Waals surface area contributed by atoms with Crippen molar-refractivity contribution in [3.63, 3.8) is 0 Å². The monoisotopic (exact) mass is 423 g/mol. The number of phenols is 2. The first kappa shape index (κ1) is 19.3. The van der Waals surface area contributed by atoms with E-state index in [0.29, 0.717) is 11.1 Å². The van der Waals surface area contributed by atoms with Crippen LogP contribution in [0.15, 0.2) is 60.7 Å². The van der Waals surface area contributed by atoms with Crippen LogP contribution in [0.1, 0.15) is 22.3 Å². The Bertz CT molecular complexity index is 998. The molecule has 0 saturated carbocycles. The van der Waals surface area contributed by atoms with E-state index in [4.69, 9.17) is 18.6 Å². The molecule has 0 aliphatic heterocycles. The zero-order valence-corrected chi connectivity index (χ0v) is 17.7. The van der Waals surface area contributed by atoms with Gasteiger partial charge in [0.25, 0.3) is 0 Å². The number of benzene rings is 2. The molecule has 1 aliphatic carbocycles. The van der Waals surface area contributed by atoms with Crippen molar-refractivity contribution < 1.29 is 22.5 Å². The molecule has 26 heavy (non-hydrogen) atoms. The van der Waals surface area contributed by atoms with Crippen LogP contribution in [0.2, 0.25) is 4.22 Å². The maximum absolute atomic E-state index is 10.3. The van der Waals surface area contributed by atoms with E-state index in [2.05, 4.69) is 0 Å². The van der Waals surface area contributed by atoms with Gasteiger partial charge in [0, 0.05) is 0 Å². The fraction of sp³-hybridized carbons (Fsp3) is 0.143. The number of halogens is 2. The van der Waals surface area contributed by atoms with E-state index in [9.17, 15) is 10.2 Å². The summed E-state index contributed by atoms with van der Waals surface area (Å²) in [6.07, 6.45) is 7.80. The van der Waals surface area contributed by atoms with Gasteiger partial charge in [-0.25, -0.2) is 0 Å². The van der Waals surface area contributed by atoms with Crippen LogP contribution in [-0.4, -0.2) is 18.8 Å². The van der Waals surface area contributed by atoms with Crippen molar-refractivity contribution in [3.8, 4) is 11.5 Å². The van der Waals surface area contributed by atoms with Crippen molar-refractivity contribution in [3.05, 3.63) is 83.0 Å². The predicted molar refractivity (Wildman–Crippen MR) is 110 cm³/mol. The maximum atomic E-state index is 10.3. The molecule has 0 heterocycles. The number of phenolic OH excluding ortho intramolecular Hbond substituents is 2. The molecule has 2 N–H and O–H groups in total. The number of hydrogen-bond donors (Lipinski definition) is 2. The Morgan fingerprint density at radius 3 is 1.65 bits per heavy atom. The summed E-state index contributed by atoms with van der Waals surface area (Å²) in [5.41, 5.74) is 3.24. The molecule has 0 bridgehead atoms. The molecule has 135 valence electrons. The van der Waals surface area contributed by atoms with Gasteiger partial charge in [-0.1, -0.05) is 0 Å². The Hall–Kier alpha value is -1.45. The first-order valence-electron chi connectivity index (χ1n) is 8.41. The molecule has 3 rings (SSSR count). The summed E-state index contributed by atoms with van der Waals surface area (Å²) in [6, 6.07) is 10.7. The van der Waals surface area contributed by atoms with Crippen LogP contribution >= 0.6 is 18.6 Å². The van der Waals surface area contributed by atoms with Crippen molar-refractivity contribution in [1.82, 2.24) is 0 Å². The van der Waals surface area contributed by atoms with Gasteiger partial charge in [-0.15, -0.1) is 0 Å². The predicted octanol–water partition coefficient (Wildman–Crippen LogP) is 5.63. The van der Waals surface area contributed by atoms with Crippen molar-refractivity contribution in [2.75, 3.05) is 0 Å². The third-order valence-electron chi connectivity index (χ3n) is 4.61. The second-order valence-corrected chi connectivity index (χ2v) is 20.5. The van der Waals surface area contributed by atoms with Crippen molar-refractivity contribution in [2.24, 2.45) is 0 Å². The van der Waals surface area contributed by atoms with Gasteiger partial charge in [-0.2, -0.15) is 0 Å². The summed E-state index contributed by atoms with van der Waals surface area (Å²) in [6.45, 7) is 3.90. The molecule has 0 atom stereocenters. The van der Waals surface area contributed by atoms with Gasteiger partial charge in [-0.05, 0) is 0 Å². The average Bonchev–Trinajstić information content (AvgIpc) is 3.10. The Balaban J connectivity index is 2.38. The minimum absolute atomic E-state index is 0.139. The van der Waals surface area contributed by atoms with Crippen LogP contribution in [0.5, 0.6) is 11.5 Å². The Morgan fingerprint density at radius 1 is 0.808 bits per heavy atom. The number of allylic oxidation sites excluding steroid dienone is 4. The third-order valence-corrected chi connectivity index (χ3v) is 13.8. The molecule has 0 fully saturated rings. The van der Waals surface area contributed by atoms with E-state index in [1.54, 1.807) is 12.1 Å². The van der Waals surface area contributed by atoms with Gasteiger partial charge in [-0.3, -0.25) is 0 Å². The molecule has 0 aromatic heterocycles. The molecule has 5 heteroatoms. The van der Waals surface area contributed by atoms with Crippen LogP contribution in [0.3, 0.4) is 0 Å². The second-order valence-electron chi connectivity index (χ2n) is 6.93. The van der Waals surface area contributed by atoms with Crippen LogP contribution in [0.4, 0.5) is 0 Å². The third kappa shape index (κ3) is 3.94. The van der Waals surface area contributed by atoms with E-state index in [-0.39, 0.29) is 15.7 Å². The van der Waals surface area contributed by atoms with E-state index in [0.717, 1.165) is 11.1 Å². The molecule has 0 amide bonds. The Kier molecular flexibility index (Phi) is 5.16. The van der Waals surface area contributed by atoms with Crippen LogP contribution in [0, 0.1) is 13.8 Å². The number of rotatable bonds is 3. The fourth-order valence-electron chi connectivity index (χ4n) is 3.21. The van der Waals surface area contributed by atoms with Crippen LogP contribution < -0.4 is 0 Å². The van der Waals surface area contributed by atoms with Gasteiger partial charge in [0.1, 0.15) is 0 Å². The van der Waals surface area contributed by atoms with Gasteiger partial charge in [0.15, 0.2) is 0 Å². The van der Waals surface area contributed by atoms with Gasteiger partial charge in [0.2, 0.25) is 0 Å². The summed E-state index contributed by atoms with van der Waals surface area (Å²) < 4.78 is 3.49. The second kappa shape index (κ2) is 6.94. The summed E-state index contributed by atoms with van der Waals surface area (Å²) in [5, 5.41) is 20.6. The zero-order valence-electron chi connectivity index (χ0n) is 14.7. The molecule has 0 saturated heterocycles. The van der Waals surface area contributed by atoms with E-state index in [1.807, 2.05) is 71.0 Å². The van der Waals surface area contributed by atoms with Crippen molar-refractivity contribution >= 4 is 27.2 Å². The van der Waals surface area contributed by atoms with E-state index in [1.165, 1.54) is 0 Å². The molecular formula is C21H21Cl2O2Ti. The van der Waals surface area contributed by atoms with Gasteiger partial charge >= 0.3 is 162 Å². The zero-order chi connectivity index (χ0) is 19.0. The van der Waals surface area contributed by atoms with Crippen LogP contribution in [-0.2, 0) is 12.3 Å². The Labute approximate surface area is 161 Å². The summed E-state index contributed by atoms with van der Waals surface area (Å²) in [7, 11) is 14.5. The first-order valence-corrected chi connectivity index (χ1v) is 15.4. The van der Waals surface area contributed by atoms with Crippen molar-refractivity contribution in [2.45, 2.75) is 18.1 Å². The summed E-state index contributed by atoms with van der Waals surface area (Å²) >= 11 is -4.54. The fourth-order valence-corrected chi connectivity index (χ4v) is 11.1. The molecule has 0 unspecified atom stereocenters. The molecule has 2 aromatic rings. The van der Waals surface area contributed by atoms with Crippen LogP contribution in [0.25, 0.3) is 0 Å². The summed E-state index contributed by atoms with van der Waals surface area (Å²) in [5.74, 6) is 0.278. The number of aromatic hydroxyl groups is 2. The number of hydrogen-bond acceptors (Lipinski definition) is 2.